The number of amides is 1. The number of carbonyl (C=O) groups excluding carboxylic acids is 2. The molecule has 0 aliphatic heterocycles. The van der Waals surface area contributed by atoms with Crippen molar-refractivity contribution in [3.63, 3.8) is 0 Å². The van der Waals surface area contributed by atoms with Gasteiger partial charge in [-0.2, -0.15) is 0 Å². The van der Waals surface area contributed by atoms with E-state index in [0.29, 0.717) is 0 Å². The van der Waals surface area contributed by atoms with Gasteiger partial charge in [0.1, 0.15) is 10.9 Å². The standard InChI is InChI=1S/C12H17N3O4S/c1-5(2)13-10(17)6(3)14-12-15-8(11(18)19)9(20-12)7(4)16/h5-6H,1-4H3,(H,13,17)(H,14,15)(H,18,19). The molecule has 0 saturated heterocycles. The number of aromatic carboxylic acids is 1. The zero-order valence-corrected chi connectivity index (χ0v) is 12.5. The van der Waals surface area contributed by atoms with E-state index in [0.717, 1.165) is 11.3 Å². The van der Waals surface area contributed by atoms with Crippen molar-refractivity contribution in [2.75, 3.05) is 5.32 Å². The third-order valence-corrected chi connectivity index (χ3v) is 3.40. The molecule has 0 radical (unpaired) electrons. The number of carbonyl (C=O) groups is 3. The second-order valence-electron chi connectivity index (χ2n) is 4.59. The van der Waals surface area contributed by atoms with E-state index in [9.17, 15) is 14.4 Å². The Labute approximate surface area is 120 Å². The summed E-state index contributed by atoms with van der Waals surface area (Å²) in [4.78, 5) is 38.0. The summed E-state index contributed by atoms with van der Waals surface area (Å²) in [6, 6.07) is -0.574. The minimum atomic E-state index is -1.27. The van der Waals surface area contributed by atoms with E-state index in [-0.39, 0.29) is 33.4 Å². The van der Waals surface area contributed by atoms with E-state index in [4.69, 9.17) is 5.11 Å². The van der Waals surface area contributed by atoms with Gasteiger partial charge in [-0.1, -0.05) is 11.3 Å². The summed E-state index contributed by atoms with van der Waals surface area (Å²) in [6.45, 7) is 6.58. The maximum absolute atomic E-state index is 11.7. The molecule has 0 saturated carbocycles. The number of Topliss-reactive ketones (excluding diaryl/α,β-unsaturated/α-hetero) is 1. The van der Waals surface area contributed by atoms with Crippen LogP contribution in [-0.2, 0) is 4.79 Å². The van der Waals surface area contributed by atoms with E-state index < -0.39 is 12.0 Å². The third kappa shape index (κ3) is 4.02. The van der Waals surface area contributed by atoms with Gasteiger partial charge >= 0.3 is 5.97 Å². The highest BCUT2D eigenvalue weighted by molar-refractivity contribution is 7.17. The van der Waals surface area contributed by atoms with Gasteiger partial charge < -0.3 is 15.7 Å². The molecule has 8 heteroatoms. The van der Waals surface area contributed by atoms with Gasteiger partial charge in [-0.3, -0.25) is 9.59 Å². The second kappa shape index (κ2) is 6.47. The molecule has 110 valence electrons. The second-order valence-corrected chi connectivity index (χ2v) is 5.59. The molecule has 1 aromatic rings. The lowest BCUT2D eigenvalue weighted by molar-refractivity contribution is -0.122. The Bertz CT molecular complexity index is 507. The minimum Gasteiger partial charge on any atom is -0.476 e. The molecule has 0 aliphatic rings. The number of hydrogen-bond acceptors (Lipinski definition) is 6. The first-order chi connectivity index (χ1) is 9.22. The van der Waals surface area contributed by atoms with E-state index in [2.05, 4.69) is 15.6 Å². The van der Waals surface area contributed by atoms with Crippen molar-refractivity contribution in [1.29, 1.82) is 0 Å². The summed E-state index contributed by atoms with van der Waals surface area (Å²) >= 11 is 0.928. The summed E-state index contributed by atoms with van der Waals surface area (Å²) in [7, 11) is 0. The number of nitrogens with zero attached hydrogens (tertiary/aromatic N) is 1. The molecule has 1 unspecified atom stereocenters. The highest BCUT2D eigenvalue weighted by atomic mass is 32.1. The average molecular weight is 299 g/mol. The van der Waals surface area contributed by atoms with E-state index in [1.54, 1.807) is 6.92 Å². The van der Waals surface area contributed by atoms with Crippen LogP contribution in [0.2, 0.25) is 0 Å². The first kappa shape index (κ1) is 16.1. The fourth-order valence-electron chi connectivity index (χ4n) is 1.43. The molecule has 7 nitrogen and oxygen atoms in total. The first-order valence-electron chi connectivity index (χ1n) is 6.04. The Morgan fingerprint density at radius 2 is 1.85 bits per heavy atom. The van der Waals surface area contributed by atoms with Gasteiger partial charge in [-0.05, 0) is 20.8 Å². The van der Waals surface area contributed by atoms with Crippen LogP contribution < -0.4 is 10.6 Å². The number of thiazole rings is 1. The molecule has 20 heavy (non-hydrogen) atoms. The molecule has 0 fully saturated rings. The van der Waals surface area contributed by atoms with Crippen molar-refractivity contribution in [2.45, 2.75) is 39.8 Å². The molecular weight excluding hydrogens is 282 g/mol. The Hall–Kier alpha value is -1.96. The van der Waals surface area contributed by atoms with Crippen LogP contribution in [-0.4, -0.2) is 39.8 Å². The van der Waals surface area contributed by atoms with Crippen LogP contribution in [0.3, 0.4) is 0 Å². The maximum Gasteiger partial charge on any atom is 0.356 e. The summed E-state index contributed by atoms with van der Waals surface area (Å²) in [5.74, 6) is -1.86. The zero-order valence-electron chi connectivity index (χ0n) is 11.7. The Morgan fingerprint density at radius 3 is 2.25 bits per heavy atom. The van der Waals surface area contributed by atoms with Crippen LogP contribution in [0.1, 0.15) is 47.9 Å². The van der Waals surface area contributed by atoms with Crippen molar-refractivity contribution in [3.8, 4) is 0 Å². The minimum absolute atomic E-state index is 0.00501. The van der Waals surface area contributed by atoms with Gasteiger partial charge in [-0.25, -0.2) is 9.78 Å². The number of carboxylic acids is 1. The van der Waals surface area contributed by atoms with Gasteiger partial charge in [0.15, 0.2) is 16.6 Å². The largest absolute Gasteiger partial charge is 0.476 e. The number of hydrogen-bond donors (Lipinski definition) is 3. The normalized spacial score (nSPS) is 12.1. The fourth-order valence-corrected chi connectivity index (χ4v) is 2.37. The van der Waals surface area contributed by atoms with Crippen LogP contribution in [0, 0.1) is 0 Å². The van der Waals surface area contributed by atoms with Crippen LogP contribution in [0.25, 0.3) is 0 Å². The van der Waals surface area contributed by atoms with Crippen molar-refractivity contribution < 1.29 is 19.5 Å². The zero-order chi connectivity index (χ0) is 15.4. The smallest absolute Gasteiger partial charge is 0.356 e. The summed E-state index contributed by atoms with van der Waals surface area (Å²) in [5.41, 5.74) is -0.290. The number of nitrogens with one attached hydrogen (secondary N) is 2. The molecule has 1 aromatic heterocycles. The number of ketones is 1. The number of rotatable bonds is 6. The molecule has 0 bridgehead atoms. The molecule has 1 rings (SSSR count). The third-order valence-electron chi connectivity index (χ3n) is 2.31. The molecule has 0 aliphatic carbocycles. The van der Waals surface area contributed by atoms with Gasteiger partial charge in [0.25, 0.3) is 0 Å². The predicted octanol–water partition coefficient (Wildman–Crippen LogP) is 1.37. The van der Waals surface area contributed by atoms with Crippen molar-refractivity contribution in [2.24, 2.45) is 0 Å². The lowest BCUT2D eigenvalue weighted by Gasteiger charge is -2.15. The van der Waals surface area contributed by atoms with Crippen molar-refractivity contribution in [1.82, 2.24) is 10.3 Å². The van der Waals surface area contributed by atoms with Gasteiger partial charge in [0.05, 0.1) is 0 Å². The highest BCUT2D eigenvalue weighted by Gasteiger charge is 2.22. The van der Waals surface area contributed by atoms with E-state index in [1.165, 1.54) is 6.92 Å². The molecule has 1 atom stereocenters. The topological polar surface area (TPSA) is 108 Å². The van der Waals surface area contributed by atoms with Crippen LogP contribution in [0.4, 0.5) is 5.13 Å². The van der Waals surface area contributed by atoms with E-state index >= 15 is 0 Å². The van der Waals surface area contributed by atoms with Crippen molar-refractivity contribution in [3.05, 3.63) is 10.6 Å². The molecule has 0 aromatic carbocycles. The van der Waals surface area contributed by atoms with Gasteiger partial charge in [-0.15, -0.1) is 0 Å². The number of anilines is 1. The summed E-state index contributed by atoms with van der Waals surface area (Å²) in [5, 5.41) is 14.7. The van der Waals surface area contributed by atoms with Crippen LogP contribution in [0.15, 0.2) is 0 Å². The Morgan fingerprint density at radius 1 is 1.25 bits per heavy atom. The molecule has 1 amide bonds. The summed E-state index contributed by atoms with van der Waals surface area (Å²) in [6.07, 6.45) is 0. The molecule has 3 N–H and O–H groups in total. The SMILES string of the molecule is CC(=O)c1sc(NC(C)C(=O)NC(C)C)nc1C(=O)O. The van der Waals surface area contributed by atoms with Crippen LogP contribution in [0.5, 0.6) is 0 Å². The monoisotopic (exact) mass is 299 g/mol. The summed E-state index contributed by atoms with van der Waals surface area (Å²) < 4.78 is 0. The molecule has 0 spiro atoms. The molecular formula is C12H17N3O4S. The lowest BCUT2D eigenvalue weighted by atomic mass is 10.3. The lowest BCUT2D eigenvalue weighted by Crippen LogP contribution is -2.40. The van der Waals surface area contributed by atoms with Gasteiger partial charge in [0, 0.05) is 13.0 Å². The fraction of sp³-hybridized carbons (Fsp3) is 0.500. The van der Waals surface area contributed by atoms with Gasteiger partial charge in [0.2, 0.25) is 5.91 Å². The molecule has 1 heterocycles. The van der Waals surface area contributed by atoms with Crippen molar-refractivity contribution >= 4 is 34.1 Å². The highest BCUT2D eigenvalue weighted by Crippen LogP contribution is 2.24. The Balaban J connectivity index is 2.88. The average Bonchev–Trinajstić information content (AvgIpc) is 2.72. The predicted molar refractivity (Wildman–Crippen MR) is 75.4 cm³/mol. The quantitative estimate of drug-likeness (QED) is 0.685. The van der Waals surface area contributed by atoms with Crippen LogP contribution >= 0.6 is 11.3 Å². The number of aromatic nitrogens is 1. The first-order valence-corrected chi connectivity index (χ1v) is 6.86. The van der Waals surface area contributed by atoms with E-state index in [1.807, 2.05) is 13.8 Å². The Kier molecular flexibility index (Phi) is 5.20. The maximum atomic E-state index is 11.7. The number of carboxylic acid groups (broad SMARTS) is 1.